The van der Waals surface area contributed by atoms with Crippen LogP contribution in [0.1, 0.15) is 47.8 Å². The van der Waals surface area contributed by atoms with E-state index in [0.717, 1.165) is 18.8 Å². The van der Waals surface area contributed by atoms with E-state index in [0.29, 0.717) is 29.0 Å². The second kappa shape index (κ2) is 7.52. The van der Waals surface area contributed by atoms with Crippen LogP contribution in [0.5, 0.6) is 0 Å². The molecule has 0 bridgehead atoms. The topological polar surface area (TPSA) is 58.3 Å². The smallest absolute Gasteiger partial charge is 0.339 e. The van der Waals surface area contributed by atoms with Crippen LogP contribution in [0.3, 0.4) is 0 Å². The molecule has 22 heavy (non-hydrogen) atoms. The zero-order chi connectivity index (χ0) is 16.1. The van der Waals surface area contributed by atoms with Crippen molar-refractivity contribution in [2.75, 3.05) is 19.7 Å². The molecule has 2 heterocycles. The number of carbonyl (C=O) groups is 1. The second-order valence-electron chi connectivity index (χ2n) is 5.44. The number of ether oxygens (including phenoxy) is 1. The van der Waals surface area contributed by atoms with Crippen molar-refractivity contribution in [3.63, 3.8) is 0 Å². The fourth-order valence-electron chi connectivity index (χ4n) is 2.72. The molecule has 5 nitrogen and oxygen atoms in total. The van der Waals surface area contributed by atoms with Gasteiger partial charge >= 0.3 is 5.97 Å². The van der Waals surface area contributed by atoms with E-state index in [1.807, 2.05) is 11.5 Å². The highest BCUT2D eigenvalue weighted by molar-refractivity contribution is 7.71. The molecule has 0 saturated carbocycles. The molecule has 1 saturated heterocycles. The van der Waals surface area contributed by atoms with Crippen molar-refractivity contribution in [1.82, 2.24) is 9.47 Å². The Morgan fingerprint density at radius 1 is 1.41 bits per heavy atom. The molecule has 1 fully saturated rings. The highest BCUT2D eigenvalue weighted by Crippen LogP contribution is 2.18. The van der Waals surface area contributed by atoms with Crippen molar-refractivity contribution < 1.29 is 9.53 Å². The Kier molecular flexibility index (Phi) is 5.69. The highest BCUT2D eigenvalue weighted by Gasteiger charge is 2.18. The molecule has 1 aliphatic rings. The van der Waals surface area contributed by atoms with E-state index in [4.69, 9.17) is 17.0 Å². The van der Waals surface area contributed by atoms with Crippen LogP contribution in [0.25, 0.3) is 0 Å². The van der Waals surface area contributed by atoms with Gasteiger partial charge in [-0.15, -0.1) is 0 Å². The number of piperidine rings is 1. The van der Waals surface area contributed by atoms with Gasteiger partial charge in [0.2, 0.25) is 0 Å². The number of hydrogen-bond acceptors (Lipinski definition) is 5. The van der Waals surface area contributed by atoms with E-state index in [9.17, 15) is 10.1 Å². The number of nitriles is 1. The van der Waals surface area contributed by atoms with Gasteiger partial charge in [0.25, 0.3) is 0 Å². The Labute approximate surface area is 136 Å². The standard InChI is InChI=1S/C16H21N3O2S/c1-3-21-16(20)14-9-13(10-17)15(22)19(12(14)2)11-18-7-5-4-6-8-18/h9H,3-8,11H2,1-2H3. The number of pyridine rings is 1. The fourth-order valence-corrected chi connectivity index (χ4v) is 3.02. The molecule has 1 aromatic heterocycles. The fraction of sp³-hybridized carbons (Fsp3) is 0.562. The van der Waals surface area contributed by atoms with E-state index in [2.05, 4.69) is 11.0 Å². The third kappa shape index (κ3) is 3.54. The first-order chi connectivity index (χ1) is 10.6. The van der Waals surface area contributed by atoms with Crippen molar-refractivity contribution >= 4 is 18.2 Å². The minimum Gasteiger partial charge on any atom is -0.462 e. The van der Waals surface area contributed by atoms with E-state index in [1.165, 1.54) is 19.3 Å². The highest BCUT2D eigenvalue weighted by atomic mass is 32.1. The summed E-state index contributed by atoms with van der Waals surface area (Å²) >= 11 is 5.42. The first kappa shape index (κ1) is 16.7. The number of nitrogens with zero attached hydrogens (tertiary/aromatic N) is 3. The van der Waals surface area contributed by atoms with E-state index >= 15 is 0 Å². The summed E-state index contributed by atoms with van der Waals surface area (Å²) in [6.07, 6.45) is 3.61. The molecule has 0 atom stereocenters. The van der Waals surface area contributed by atoms with Gasteiger partial charge in [0.15, 0.2) is 0 Å². The van der Waals surface area contributed by atoms with Crippen LogP contribution in [-0.4, -0.2) is 35.1 Å². The zero-order valence-corrected chi connectivity index (χ0v) is 13.9. The van der Waals surface area contributed by atoms with Gasteiger partial charge < -0.3 is 9.30 Å². The molecule has 118 valence electrons. The Morgan fingerprint density at radius 2 is 2.09 bits per heavy atom. The first-order valence-electron chi connectivity index (χ1n) is 7.62. The van der Waals surface area contributed by atoms with Gasteiger partial charge in [0.05, 0.1) is 24.4 Å². The van der Waals surface area contributed by atoms with Gasteiger partial charge in [-0.25, -0.2) is 4.79 Å². The maximum atomic E-state index is 12.1. The Balaban J connectivity index is 2.42. The summed E-state index contributed by atoms with van der Waals surface area (Å²) in [6.45, 7) is 6.59. The van der Waals surface area contributed by atoms with Crippen molar-refractivity contribution in [2.24, 2.45) is 0 Å². The number of likely N-dealkylation sites (tertiary alicyclic amines) is 1. The predicted molar refractivity (Wildman–Crippen MR) is 86.1 cm³/mol. The van der Waals surface area contributed by atoms with Crippen molar-refractivity contribution in [3.8, 4) is 6.07 Å². The molecule has 0 aliphatic carbocycles. The summed E-state index contributed by atoms with van der Waals surface area (Å²) in [5.74, 6) is -0.404. The van der Waals surface area contributed by atoms with Crippen LogP contribution in [0, 0.1) is 22.9 Å². The molecule has 0 radical (unpaired) electrons. The minimum atomic E-state index is -0.404. The van der Waals surface area contributed by atoms with Crippen LogP contribution < -0.4 is 0 Å². The number of carbonyl (C=O) groups excluding carboxylic acids is 1. The maximum absolute atomic E-state index is 12.1. The summed E-state index contributed by atoms with van der Waals surface area (Å²) in [7, 11) is 0. The number of rotatable bonds is 4. The lowest BCUT2D eigenvalue weighted by Gasteiger charge is -2.28. The van der Waals surface area contributed by atoms with E-state index in [1.54, 1.807) is 13.0 Å². The molecule has 1 aromatic rings. The van der Waals surface area contributed by atoms with Crippen LogP contribution in [0.15, 0.2) is 6.07 Å². The Bertz CT molecular complexity index is 655. The lowest BCUT2D eigenvalue weighted by Crippen LogP contribution is -2.33. The van der Waals surface area contributed by atoms with Crippen LogP contribution in [0.2, 0.25) is 0 Å². The van der Waals surface area contributed by atoms with Crippen molar-refractivity contribution in [1.29, 1.82) is 5.26 Å². The monoisotopic (exact) mass is 319 g/mol. The second-order valence-corrected chi connectivity index (χ2v) is 5.83. The average molecular weight is 319 g/mol. The predicted octanol–water partition coefficient (Wildman–Crippen LogP) is 3.02. The molecule has 6 heteroatoms. The molecule has 0 amide bonds. The number of esters is 1. The Hall–Kier alpha value is -1.71. The SMILES string of the molecule is CCOC(=O)c1cc(C#N)c(=S)n(CN2CCCCC2)c1C. The molecule has 0 N–H and O–H groups in total. The number of aromatic nitrogens is 1. The summed E-state index contributed by atoms with van der Waals surface area (Å²) in [4.78, 5) is 14.4. The maximum Gasteiger partial charge on any atom is 0.339 e. The van der Waals surface area contributed by atoms with Gasteiger partial charge in [0.1, 0.15) is 10.7 Å². The van der Waals surface area contributed by atoms with E-state index < -0.39 is 5.97 Å². The van der Waals surface area contributed by atoms with Gasteiger partial charge in [-0.05, 0) is 45.8 Å². The summed E-state index contributed by atoms with van der Waals surface area (Å²) in [5, 5.41) is 9.28. The average Bonchev–Trinajstić information content (AvgIpc) is 2.53. The van der Waals surface area contributed by atoms with Gasteiger partial charge in [-0.2, -0.15) is 5.26 Å². The molecular formula is C16H21N3O2S. The third-order valence-corrected chi connectivity index (χ3v) is 4.41. The molecule has 1 aliphatic heterocycles. The zero-order valence-electron chi connectivity index (χ0n) is 13.1. The number of hydrogen-bond donors (Lipinski definition) is 0. The molecule has 0 spiro atoms. The van der Waals surface area contributed by atoms with Crippen molar-refractivity contribution in [2.45, 2.75) is 39.8 Å². The van der Waals surface area contributed by atoms with Gasteiger partial charge in [-0.3, -0.25) is 4.90 Å². The minimum absolute atomic E-state index is 0.307. The van der Waals surface area contributed by atoms with Crippen molar-refractivity contribution in [3.05, 3.63) is 27.5 Å². The van der Waals surface area contributed by atoms with Crippen LogP contribution in [-0.2, 0) is 11.4 Å². The third-order valence-electron chi connectivity index (χ3n) is 3.96. The largest absolute Gasteiger partial charge is 0.462 e. The molecule has 2 rings (SSSR count). The summed E-state index contributed by atoms with van der Waals surface area (Å²) in [6, 6.07) is 3.63. The normalized spacial score (nSPS) is 15.3. The molecule has 0 unspecified atom stereocenters. The summed E-state index contributed by atoms with van der Waals surface area (Å²) < 4.78 is 7.45. The lowest BCUT2D eigenvalue weighted by molar-refractivity contribution is 0.0523. The Morgan fingerprint density at radius 3 is 2.68 bits per heavy atom. The van der Waals surface area contributed by atoms with E-state index in [-0.39, 0.29) is 0 Å². The molecule has 0 aromatic carbocycles. The summed E-state index contributed by atoms with van der Waals surface area (Å²) in [5.41, 5.74) is 1.53. The first-order valence-corrected chi connectivity index (χ1v) is 8.03. The molecular weight excluding hydrogens is 298 g/mol. The van der Waals surface area contributed by atoms with Crippen LogP contribution in [0.4, 0.5) is 0 Å². The van der Waals surface area contributed by atoms with Crippen LogP contribution >= 0.6 is 12.2 Å². The van der Waals surface area contributed by atoms with Gasteiger partial charge in [0, 0.05) is 5.69 Å². The lowest BCUT2D eigenvalue weighted by atomic mass is 10.1. The quantitative estimate of drug-likeness (QED) is 0.631. The van der Waals surface area contributed by atoms with Gasteiger partial charge in [-0.1, -0.05) is 18.6 Å².